The molecule has 0 saturated carbocycles. The minimum Gasteiger partial charge on any atom is -0.360 e. The second-order valence-corrected chi connectivity index (χ2v) is 7.03. The molecule has 1 aromatic heterocycles. The normalized spacial score (nSPS) is 15.1. The molecule has 2 heterocycles. The van der Waals surface area contributed by atoms with E-state index in [4.69, 9.17) is 0 Å². The Morgan fingerprint density at radius 3 is 2.56 bits per heavy atom. The molecule has 1 amide bonds. The molecule has 1 aliphatic rings. The van der Waals surface area contributed by atoms with E-state index in [1.165, 1.54) is 5.00 Å². The van der Waals surface area contributed by atoms with Gasteiger partial charge in [0.25, 0.3) is 0 Å². The minimum atomic E-state index is 0. The second kappa shape index (κ2) is 11.6. The van der Waals surface area contributed by atoms with Crippen LogP contribution in [0.25, 0.3) is 0 Å². The first-order valence-electron chi connectivity index (χ1n) is 8.71. The Balaban J connectivity index is 0.00000312. The molecule has 0 bridgehead atoms. The molecular formula is C17H30IN5OS. The lowest BCUT2D eigenvalue weighted by Gasteiger charge is -2.37. The topological polar surface area (TPSA) is 60.0 Å². The van der Waals surface area contributed by atoms with Crippen molar-refractivity contribution in [2.45, 2.75) is 20.8 Å². The summed E-state index contributed by atoms with van der Waals surface area (Å²) in [4.78, 5) is 21.0. The van der Waals surface area contributed by atoms with E-state index in [1.54, 1.807) is 11.3 Å². The average Bonchev–Trinajstić information content (AvgIpc) is 3.12. The molecule has 1 saturated heterocycles. The molecule has 1 aromatic rings. The zero-order valence-corrected chi connectivity index (χ0v) is 18.5. The van der Waals surface area contributed by atoms with Crippen molar-refractivity contribution in [1.82, 2.24) is 15.5 Å². The second-order valence-electron chi connectivity index (χ2n) is 6.11. The van der Waals surface area contributed by atoms with Crippen LogP contribution in [0.1, 0.15) is 20.8 Å². The molecule has 6 nitrogen and oxygen atoms in total. The van der Waals surface area contributed by atoms with Crippen molar-refractivity contribution in [2.75, 3.05) is 50.7 Å². The highest BCUT2D eigenvalue weighted by atomic mass is 127. The number of aliphatic imine (C=N–C) groups is 1. The quantitative estimate of drug-likeness (QED) is 0.285. The third-order valence-electron chi connectivity index (χ3n) is 3.93. The first-order valence-corrected chi connectivity index (χ1v) is 9.59. The number of nitrogens with zero attached hydrogens (tertiary/aromatic N) is 3. The van der Waals surface area contributed by atoms with Gasteiger partial charge in [0.2, 0.25) is 5.91 Å². The molecule has 1 fully saturated rings. The molecule has 0 aliphatic carbocycles. The first-order chi connectivity index (χ1) is 11.6. The van der Waals surface area contributed by atoms with Gasteiger partial charge in [0.15, 0.2) is 5.96 Å². The van der Waals surface area contributed by atoms with Crippen LogP contribution >= 0.6 is 35.3 Å². The van der Waals surface area contributed by atoms with E-state index in [-0.39, 0.29) is 35.8 Å². The lowest BCUT2D eigenvalue weighted by atomic mass is 10.2. The number of thiophene rings is 1. The Kier molecular flexibility index (Phi) is 10.2. The van der Waals surface area contributed by atoms with E-state index in [9.17, 15) is 4.79 Å². The fraction of sp³-hybridized carbons (Fsp3) is 0.647. The van der Waals surface area contributed by atoms with E-state index in [0.717, 1.165) is 38.7 Å². The van der Waals surface area contributed by atoms with Crippen molar-refractivity contribution in [1.29, 1.82) is 0 Å². The molecule has 0 atom stereocenters. The summed E-state index contributed by atoms with van der Waals surface area (Å²) in [5.41, 5.74) is 0. The van der Waals surface area contributed by atoms with Crippen molar-refractivity contribution in [2.24, 2.45) is 10.9 Å². The first kappa shape index (κ1) is 22.0. The Labute approximate surface area is 172 Å². The lowest BCUT2D eigenvalue weighted by Crippen LogP contribution is -2.52. The van der Waals surface area contributed by atoms with Gasteiger partial charge < -0.3 is 20.4 Å². The summed E-state index contributed by atoms with van der Waals surface area (Å²) in [6.45, 7) is 11.9. The molecular weight excluding hydrogens is 449 g/mol. The molecule has 0 spiro atoms. The Bertz CT molecular complexity index is 527. The highest BCUT2D eigenvalue weighted by Gasteiger charge is 2.20. The van der Waals surface area contributed by atoms with Gasteiger partial charge in [-0.1, -0.05) is 13.8 Å². The maximum absolute atomic E-state index is 11.6. The van der Waals surface area contributed by atoms with Gasteiger partial charge in [-0.25, -0.2) is 0 Å². The number of halogens is 1. The van der Waals surface area contributed by atoms with Crippen LogP contribution in [0, 0.1) is 5.92 Å². The van der Waals surface area contributed by atoms with Crippen molar-refractivity contribution in [3.63, 3.8) is 0 Å². The van der Waals surface area contributed by atoms with Crippen LogP contribution < -0.4 is 15.5 Å². The average molecular weight is 479 g/mol. The highest BCUT2D eigenvalue weighted by molar-refractivity contribution is 14.0. The largest absolute Gasteiger partial charge is 0.360 e. The summed E-state index contributed by atoms with van der Waals surface area (Å²) in [6, 6.07) is 4.28. The van der Waals surface area contributed by atoms with Gasteiger partial charge in [0.1, 0.15) is 0 Å². The van der Waals surface area contributed by atoms with Crippen LogP contribution in [0.2, 0.25) is 0 Å². The number of piperazine rings is 1. The monoisotopic (exact) mass is 479 g/mol. The third kappa shape index (κ3) is 7.01. The molecule has 0 radical (unpaired) electrons. The maximum Gasteiger partial charge on any atom is 0.222 e. The summed E-state index contributed by atoms with van der Waals surface area (Å²) in [7, 11) is 0. The van der Waals surface area contributed by atoms with Crippen LogP contribution in [-0.2, 0) is 4.79 Å². The summed E-state index contributed by atoms with van der Waals surface area (Å²) in [6.07, 6.45) is 0. The Morgan fingerprint density at radius 2 is 2.00 bits per heavy atom. The summed E-state index contributed by atoms with van der Waals surface area (Å²) < 4.78 is 0. The fourth-order valence-corrected chi connectivity index (χ4v) is 3.34. The SMILES string of the molecule is CCNC(=NCCNC(=O)C(C)C)N1CCN(c2cccs2)CC1.I. The zero-order valence-electron chi connectivity index (χ0n) is 15.3. The van der Waals surface area contributed by atoms with Crippen LogP contribution in [0.4, 0.5) is 5.00 Å². The van der Waals surface area contributed by atoms with E-state index in [0.29, 0.717) is 13.1 Å². The van der Waals surface area contributed by atoms with Crippen molar-refractivity contribution in [3.8, 4) is 0 Å². The predicted molar refractivity (Wildman–Crippen MR) is 117 cm³/mol. The third-order valence-corrected chi connectivity index (χ3v) is 4.86. The number of nitrogens with one attached hydrogen (secondary N) is 2. The number of anilines is 1. The number of hydrogen-bond donors (Lipinski definition) is 2. The van der Waals surface area contributed by atoms with E-state index in [2.05, 4.69) is 49.9 Å². The van der Waals surface area contributed by atoms with Gasteiger partial charge >= 0.3 is 0 Å². The smallest absolute Gasteiger partial charge is 0.222 e. The van der Waals surface area contributed by atoms with Crippen LogP contribution in [-0.4, -0.2) is 62.6 Å². The zero-order chi connectivity index (χ0) is 17.4. The number of guanidine groups is 1. The summed E-state index contributed by atoms with van der Waals surface area (Å²) in [5, 5.41) is 9.73. The molecule has 2 rings (SSSR count). The molecule has 0 unspecified atom stereocenters. The molecule has 8 heteroatoms. The lowest BCUT2D eigenvalue weighted by molar-refractivity contribution is -0.123. The van der Waals surface area contributed by atoms with E-state index >= 15 is 0 Å². The standard InChI is InChI=1S/C17H29N5OS.HI/c1-4-18-17(20-8-7-19-16(23)14(2)3)22-11-9-21(10-12-22)15-6-5-13-24-15;/h5-6,13-14H,4,7-12H2,1-3H3,(H,18,20)(H,19,23);1H. The van der Waals surface area contributed by atoms with Crippen molar-refractivity contribution >= 4 is 52.2 Å². The van der Waals surface area contributed by atoms with Gasteiger partial charge in [0, 0.05) is 45.2 Å². The van der Waals surface area contributed by atoms with Crippen molar-refractivity contribution in [3.05, 3.63) is 17.5 Å². The molecule has 1 aliphatic heterocycles. The minimum absolute atomic E-state index is 0. The van der Waals surface area contributed by atoms with Gasteiger partial charge in [-0.05, 0) is 24.4 Å². The Morgan fingerprint density at radius 1 is 1.28 bits per heavy atom. The predicted octanol–water partition coefficient (Wildman–Crippen LogP) is 2.23. The summed E-state index contributed by atoms with van der Waals surface area (Å²) >= 11 is 1.79. The molecule has 0 aromatic carbocycles. The number of carbonyl (C=O) groups is 1. The maximum atomic E-state index is 11.6. The van der Waals surface area contributed by atoms with Crippen molar-refractivity contribution < 1.29 is 4.79 Å². The molecule has 25 heavy (non-hydrogen) atoms. The molecule has 142 valence electrons. The van der Waals surface area contributed by atoms with Crippen LogP contribution in [0.5, 0.6) is 0 Å². The van der Waals surface area contributed by atoms with Gasteiger partial charge in [-0.2, -0.15) is 0 Å². The van der Waals surface area contributed by atoms with E-state index in [1.807, 2.05) is 13.8 Å². The Hall–Kier alpha value is -1.03. The molecule has 2 N–H and O–H groups in total. The van der Waals surface area contributed by atoms with Crippen LogP contribution in [0.3, 0.4) is 0 Å². The van der Waals surface area contributed by atoms with Crippen LogP contribution in [0.15, 0.2) is 22.5 Å². The van der Waals surface area contributed by atoms with Gasteiger partial charge in [-0.15, -0.1) is 35.3 Å². The number of carbonyl (C=O) groups excluding carboxylic acids is 1. The number of hydrogen-bond acceptors (Lipinski definition) is 4. The van der Waals surface area contributed by atoms with Gasteiger partial charge in [-0.3, -0.25) is 9.79 Å². The number of rotatable bonds is 6. The van der Waals surface area contributed by atoms with Gasteiger partial charge in [0.05, 0.1) is 11.5 Å². The summed E-state index contributed by atoms with van der Waals surface area (Å²) in [5.74, 6) is 1.05. The highest BCUT2D eigenvalue weighted by Crippen LogP contribution is 2.22. The fourth-order valence-electron chi connectivity index (χ4n) is 2.56. The van der Waals surface area contributed by atoms with E-state index < -0.39 is 0 Å². The number of amides is 1.